The van der Waals surface area contributed by atoms with Crippen LogP contribution in [0.5, 0.6) is 5.75 Å². The second-order valence-electron chi connectivity index (χ2n) is 12.9. The van der Waals surface area contributed by atoms with Gasteiger partial charge < -0.3 is 19.9 Å². The predicted molar refractivity (Wildman–Crippen MR) is 185 cm³/mol. The lowest BCUT2D eigenvalue weighted by atomic mass is 9.82. The predicted octanol–water partition coefficient (Wildman–Crippen LogP) is 6.17. The molecule has 0 unspecified atom stereocenters. The van der Waals surface area contributed by atoms with Gasteiger partial charge in [-0.05, 0) is 42.0 Å². The number of thioether (sulfide) groups is 1. The first-order chi connectivity index (χ1) is 23.3. The number of nitrogens with zero attached hydrogens (tertiary/aromatic N) is 4. The van der Waals surface area contributed by atoms with Crippen molar-refractivity contribution >= 4 is 40.9 Å². The molecule has 10 nitrogen and oxygen atoms in total. The number of rotatable bonds is 10. The Morgan fingerprint density at radius 1 is 1.14 bits per heavy atom. The summed E-state index contributed by atoms with van der Waals surface area (Å²) in [6.07, 6.45) is 3.55. The van der Waals surface area contributed by atoms with Crippen molar-refractivity contribution in [3.05, 3.63) is 82.2 Å². The number of aromatic nitrogens is 1. The summed E-state index contributed by atoms with van der Waals surface area (Å²) in [4.78, 5) is 34.4. The van der Waals surface area contributed by atoms with E-state index < -0.39 is 52.8 Å². The van der Waals surface area contributed by atoms with Crippen molar-refractivity contribution in [2.24, 2.45) is 5.41 Å². The van der Waals surface area contributed by atoms with E-state index in [9.17, 15) is 14.7 Å². The van der Waals surface area contributed by atoms with Crippen LogP contribution in [-0.2, 0) is 20.9 Å². The average Bonchev–Trinajstić information content (AvgIpc) is 3.06. The van der Waals surface area contributed by atoms with Gasteiger partial charge in [0.05, 0.1) is 30.8 Å². The summed E-state index contributed by atoms with van der Waals surface area (Å²) >= 11 is 7.79. The van der Waals surface area contributed by atoms with Crippen molar-refractivity contribution < 1.29 is 33.0 Å². The Kier molecular flexibility index (Phi) is 11.5. The molecule has 1 atom stereocenters. The number of ether oxygens (including phenoxy) is 2. The molecule has 0 bridgehead atoms. The number of hydrogen-bond donors (Lipinski definition) is 2. The van der Waals surface area contributed by atoms with Gasteiger partial charge in [-0.25, -0.2) is 14.4 Å². The summed E-state index contributed by atoms with van der Waals surface area (Å²) in [7, 11) is 1.55. The first kappa shape index (κ1) is 36.5. The van der Waals surface area contributed by atoms with Crippen LogP contribution in [0.25, 0.3) is 11.1 Å². The van der Waals surface area contributed by atoms with Gasteiger partial charge in [0.15, 0.2) is 11.6 Å². The molecule has 5 rings (SSSR count). The summed E-state index contributed by atoms with van der Waals surface area (Å²) in [6, 6.07) is 10.3. The molecule has 2 amide bonds. The van der Waals surface area contributed by atoms with Crippen LogP contribution < -0.4 is 10.1 Å². The number of aliphatic hydroxyl groups is 1. The fourth-order valence-corrected chi connectivity index (χ4v) is 6.52. The average molecular weight is 716 g/mol. The number of likely N-dealkylation sites (N-methyl/N-ethyl adjacent to an activating group) is 1. The highest BCUT2D eigenvalue weighted by Gasteiger charge is 2.46. The van der Waals surface area contributed by atoms with Gasteiger partial charge >= 0.3 is 0 Å². The van der Waals surface area contributed by atoms with Crippen molar-refractivity contribution in [2.45, 2.75) is 38.4 Å². The maximum absolute atomic E-state index is 15.5. The minimum absolute atomic E-state index is 0.131. The molecule has 0 radical (unpaired) electrons. The normalized spacial score (nSPS) is 17.8. The number of amides is 2. The minimum Gasteiger partial charge on any atom is -0.509 e. The summed E-state index contributed by atoms with van der Waals surface area (Å²) in [5, 5.41) is 18.0. The number of nitrogens with one attached hydrogen (secondary N) is 1. The van der Waals surface area contributed by atoms with E-state index in [0.29, 0.717) is 41.6 Å². The molecule has 1 aromatic heterocycles. The third-order valence-electron chi connectivity index (χ3n) is 8.47. The van der Waals surface area contributed by atoms with Gasteiger partial charge in [-0.3, -0.25) is 19.5 Å². The Hall–Kier alpha value is -3.75. The number of hydrazine groups is 1. The standard InChI is InChI=1S/C35H40ClF2N5O5S/c1-35(2,3)32-31(44)28(33(45)40-25-9-8-23(36)18-24(25)21-7-11-27(49-5)39-19-21)34(46)43(41(32)4)20-22-6-10-26(30(38)29(22)37)48-17-14-42-12-15-47-16-13-42/h6-11,18-19,32,44H,12-17,20H2,1-5H3,(H,40,45)/t32-/m1/s1. The van der Waals surface area contributed by atoms with Crippen LogP contribution in [0.4, 0.5) is 14.5 Å². The Labute approximate surface area is 294 Å². The highest BCUT2D eigenvalue weighted by molar-refractivity contribution is 7.98. The lowest BCUT2D eigenvalue weighted by Crippen LogP contribution is -2.59. The molecule has 2 aliphatic rings. The highest BCUT2D eigenvalue weighted by Crippen LogP contribution is 2.37. The fourth-order valence-electron chi connectivity index (χ4n) is 5.99. The van der Waals surface area contributed by atoms with E-state index in [-0.39, 0.29) is 17.9 Å². The largest absolute Gasteiger partial charge is 0.509 e. The van der Waals surface area contributed by atoms with Crippen LogP contribution in [0.3, 0.4) is 0 Å². The van der Waals surface area contributed by atoms with Crippen LogP contribution in [0.2, 0.25) is 5.02 Å². The number of carbonyl (C=O) groups is 2. The quantitative estimate of drug-likeness (QED) is 0.188. The lowest BCUT2D eigenvalue weighted by molar-refractivity contribution is -0.158. The van der Waals surface area contributed by atoms with E-state index >= 15 is 8.78 Å². The van der Waals surface area contributed by atoms with E-state index in [4.69, 9.17) is 21.1 Å². The third-order valence-corrected chi connectivity index (χ3v) is 9.36. The van der Waals surface area contributed by atoms with Crippen molar-refractivity contribution in [3.63, 3.8) is 0 Å². The monoisotopic (exact) mass is 715 g/mol. The fraction of sp³-hybridized carbons (Fsp3) is 0.400. The summed E-state index contributed by atoms with van der Waals surface area (Å²) in [6.45, 7) is 8.48. The number of halogens is 3. The zero-order valence-corrected chi connectivity index (χ0v) is 29.6. The van der Waals surface area contributed by atoms with E-state index in [1.165, 1.54) is 28.9 Å². The van der Waals surface area contributed by atoms with Gasteiger partial charge in [0.25, 0.3) is 11.8 Å². The van der Waals surface area contributed by atoms with Gasteiger partial charge in [-0.2, -0.15) is 4.39 Å². The number of hydrogen-bond acceptors (Lipinski definition) is 9. The SMILES string of the molecule is CSc1ccc(-c2cc(Cl)ccc2NC(=O)C2=C(O)[C@H](C(C)(C)C)N(C)N(Cc3ccc(OCCN4CCOCC4)c(F)c3F)C2=O)cn1. The van der Waals surface area contributed by atoms with Crippen LogP contribution in [0.1, 0.15) is 26.3 Å². The molecule has 2 aromatic carbocycles. The van der Waals surface area contributed by atoms with Gasteiger partial charge in [-0.15, -0.1) is 11.8 Å². The Morgan fingerprint density at radius 2 is 1.88 bits per heavy atom. The van der Waals surface area contributed by atoms with E-state index in [2.05, 4.69) is 15.2 Å². The van der Waals surface area contributed by atoms with Gasteiger partial charge in [-0.1, -0.05) is 44.5 Å². The summed E-state index contributed by atoms with van der Waals surface area (Å²) in [5.74, 6) is -4.78. The second-order valence-corrected chi connectivity index (χ2v) is 14.1. The molecule has 0 aliphatic carbocycles. The molecule has 262 valence electrons. The van der Waals surface area contributed by atoms with Crippen molar-refractivity contribution in [3.8, 4) is 16.9 Å². The molecule has 3 heterocycles. The second kappa shape index (κ2) is 15.4. The first-order valence-corrected chi connectivity index (χ1v) is 17.4. The number of morpholine rings is 1. The minimum atomic E-state index is -1.18. The molecule has 3 aromatic rings. The molecule has 2 aliphatic heterocycles. The number of carbonyl (C=O) groups excluding carboxylic acids is 2. The van der Waals surface area contributed by atoms with Crippen LogP contribution in [0, 0.1) is 17.0 Å². The lowest BCUT2D eigenvalue weighted by Gasteiger charge is -2.46. The zero-order valence-electron chi connectivity index (χ0n) is 28.1. The maximum Gasteiger partial charge on any atom is 0.277 e. The molecule has 1 saturated heterocycles. The van der Waals surface area contributed by atoms with Gasteiger partial charge in [0.2, 0.25) is 5.82 Å². The topological polar surface area (TPSA) is 107 Å². The molecule has 0 spiro atoms. The number of aliphatic hydroxyl groups excluding tert-OH is 1. The van der Waals surface area contributed by atoms with E-state index in [1.807, 2.05) is 39.2 Å². The summed E-state index contributed by atoms with van der Waals surface area (Å²) in [5.41, 5.74) is 0.212. The number of benzene rings is 2. The number of pyridine rings is 1. The van der Waals surface area contributed by atoms with Crippen LogP contribution in [0.15, 0.2) is 65.0 Å². The van der Waals surface area contributed by atoms with Gasteiger partial charge in [0.1, 0.15) is 17.9 Å². The third kappa shape index (κ3) is 8.18. The van der Waals surface area contributed by atoms with Crippen LogP contribution >= 0.6 is 23.4 Å². The van der Waals surface area contributed by atoms with Crippen LogP contribution in [-0.4, -0.2) is 95.6 Å². The Balaban J connectivity index is 1.41. The van der Waals surface area contributed by atoms with Crippen molar-refractivity contribution in [1.82, 2.24) is 19.9 Å². The molecule has 0 saturated carbocycles. The van der Waals surface area contributed by atoms with E-state index in [1.54, 1.807) is 31.4 Å². The highest BCUT2D eigenvalue weighted by atomic mass is 35.5. The molecular weight excluding hydrogens is 676 g/mol. The molecule has 1 fully saturated rings. The molecular formula is C35H40ClF2N5O5S. The Morgan fingerprint density at radius 3 is 2.53 bits per heavy atom. The van der Waals surface area contributed by atoms with E-state index in [0.717, 1.165) is 23.1 Å². The molecule has 14 heteroatoms. The molecule has 49 heavy (non-hydrogen) atoms. The van der Waals surface area contributed by atoms with Crippen molar-refractivity contribution in [1.29, 1.82) is 0 Å². The zero-order chi connectivity index (χ0) is 35.5. The number of anilines is 1. The summed E-state index contributed by atoms with van der Waals surface area (Å²) < 4.78 is 41.6. The smallest absolute Gasteiger partial charge is 0.277 e. The first-order valence-electron chi connectivity index (χ1n) is 15.8. The Bertz CT molecular complexity index is 1730. The molecule has 2 N–H and O–H groups in total. The van der Waals surface area contributed by atoms with Gasteiger partial charge in [0, 0.05) is 60.3 Å². The maximum atomic E-state index is 15.5. The van der Waals surface area contributed by atoms with Crippen molar-refractivity contribution in [2.75, 3.05) is 58.1 Å².